The fourth-order valence-corrected chi connectivity index (χ4v) is 3.69. The summed E-state index contributed by atoms with van der Waals surface area (Å²) in [5.41, 5.74) is -1.26. The van der Waals surface area contributed by atoms with Crippen LogP contribution in [0.1, 0.15) is 24.8 Å². The molecule has 23 heavy (non-hydrogen) atoms. The zero-order valence-corrected chi connectivity index (χ0v) is 13.1. The van der Waals surface area contributed by atoms with Gasteiger partial charge in [-0.1, -0.05) is 12.1 Å². The van der Waals surface area contributed by atoms with Crippen LogP contribution in [0.3, 0.4) is 0 Å². The molecule has 0 radical (unpaired) electrons. The first kappa shape index (κ1) is 17.8. The summed E-state index contributed by atoms with van der Waals surface area (Å²) in [7, 11) is -2.61. The van der Waals surface area contributed by atoms with Gasteiger partial charge in [-0.05, 0) is 25.0 Å². The number of carboxylic acids is 1. The standard InChI is InChI=1S/C14H17F2NO5S/c1-22-14(6-10(7-14)13(18)19)8-17-23(20,21)11-4-2-3-9(5-11)12(15)16/h2-5,10,12,17H,6-8H2,1H3,(H,18,19). The molecule has 2 rings (SSSR count). The topological polar surface area (TPSA) is 92.7 Å². The average molecular weight is 349 g/mol. The monoisotopic (exact) mass is 349 g/mol. The van der Waals surface area contributed by atoms with E-state index in [1.54, 1.807) is 0 Å². The van der Waals surface area contributed by atoms with Crippen LogP contribution in [-0.4, -0.2) is 38.7 Å². The minimum absolute atomic E-state index is 0.117. The van der Waals surface area contributed by atoms with Gasteiger partial charge in [0.25, 0.3) is 6.43 Å². The molecule has 0 saturated heterocycles. The number of carboxylic acid groups (broad SMARTS) is 1. The van der Waals surface area contributed by atoms with Gasteiger partial charge in [-0.15, -0.1) is 0 Å². The van der Waals surface area contributed by atoms with E-state index in [-0.39, 0.29) is 29.8 Å². The predicted molar refractivity (Wildman–Crippen MR) is 76.7 cm³/mol. The Labute approximate surface area is 132 Å². The van der Waals surface area contributed by atoms with Crippen molar-refractivity contribution < 1.29 is 31.8 Å². The Hall–Kier alpha value is -1.58. The van der Waals surface area contributed by atoms with Gasteiger partial charge < -0.3 is 9.84 Å². The lowest BCUT2D eigenvalue weighted by Gasteiger charge is -2.44. The Bertz CT molecular complexity index is 686. The molecule has 1 aliphatic carbocycles. The Kier molecular flexibility index (Phi) is 5.02. The predicted octanol–water partition coefficient (Wildman–Crippen LogP) is 1.78. The molecule has 0 amide bonds. The largest absolute Gasteiger partial charge is 0.481 e. The van der Waals surface area contributed by atoms with E-state index in [1.807, 2.05) is 0 Å². The van der Waals surface area contributed by atoms with Gasteiger partial charge in [0.05, 0.1) is 16.4 Å². The van der Waals surface area contributed by atoms with Crippen LogP contribution in [0.25, 0.3) is 0 Å². The number of rotatable bonds is 7. The van der Waals surface area contributed by atoms with Gasteiger partial charge in [-0.3, -0.25) is 4.79 Å². The van der Waals surface area contributed by atoms with Crippen molar-refractivity contribution in [3.05, 3.63) is 29.8 Å². The Morgan fingerprint density at radius 1 is 1.48 bits per heavy atom. The summed E-state index contributed by atoms with van der Waals surface area (Å²) >= 11 is 0. The summed E-state index contributed by atoms with van der Waals surface area (Å²) < 4.78 is 57.2. The summed E-state index contributed by atoms with van der Waals surface area (Å²) in [6, 6.07) is 4.51. The molecule has 0 heterocycles. The van der Waals surface area contributed by atoms with Crippen LogP contribution in [0.15, 0.2) is 29.2 Å². The average Bonchev–Trinajstić information content (AvgIpc) is 2.46. The number of nitrogens with one attached hydrogen (secondary N) is 1. The van der Waals surface area contributed by atoms with Crippen molar-refractivity contribution in [3.63, 3.8) is 0 Å². The summed E-state index contributed by atoms with van der Waals surface area (Å²) in [5, 5.41) is 8.88. The number of hydrogen-bond donors (Lipinski definition) is 2. The van der Waals surface area contributed by atoms with Crippen LogP contribution in [0.5, 0.6) is 0 Å². The van der Waals surface area contributed by atoms with E-state index >= 15 is 0 Å². The summed E-state index contributed by atoms with van der Waals surface area (Å²) in [4.78, 5) is 10.6. The minimum Gasteiger partial charge on any atom is -0.481 e. The van der Waals surface area contributed by atoms with E-state index in [0.29, 0.717) is 0 Å². The summed E-state index contributed by atoms with van der Waals surface area (Å²) in [5.74, 6) is -1.52. The van der Waals surface area contributed by atoms with Crippen LogP contribution >= 0.6 is 0 Å². The molecular formula is C14H17F2NO5S. The van der Waals surface area contributed by atoms with E-state index in [4.69, 9.17) is 9.84 Å². The highest BCUT2D eigenvalue weighted by Gasteiger charge is 2.48. The molecule has 128 valence electrons. The highest BCUT2D eigenvalue weighted by Crippen LogP contribution is 2.40. The summed E-state index contributed by atoms with van der Waals surface area (Å²) in [6.07, 6.45) is -2.38. The highest BCUT2D eigenvalue weighted by molar-refractivity contribution is 7.89. The van der Waals surface area contributed by atoms with Crippen molar-refractivity contribution >= 4 is 16.0 Å². The lowest BCUT2D eigenvalue weighted by atomic mass is 9.71. The third-order valence-corrected chi connectivity index (χ3v) is 5.42. The van der Waals surface area contributed by atoms with Gasteiger partial charge in [0.1, 0.15) is 0 Å². The number of ether oxygens (including phenoxy) is 1. The fourth-order valence-electron chi connectivity index (χ4n) is 2.52. The number of halogens is 2. The maximum atomic E-state index is 12.7. The Balaban J connectivity index is 2.07. The molecular weight excluding hydrogens is 332 g/mol. The molecule has 1 fully saturated rings. The number of benzene rings is 1. The Morgan fingerprint density at radius 2 is 2.13 bits per heavy atom. The molecule has 0 atom stereocenters. The molecule has 0 bridgehead atoms. The van der Waals surface area contributed by atoms with Crippen molar-refractivity contribution in [3.8, 4) is 0 Å². The summed E-state index contributed by atoms with van der Waals surface area (Å²) in [6.45, 7) is -0.117. The van der Waals surface area contributed by atoms with Gasteiger partial charge in [-0.25, -0.2) is 21.9 Å². The van der Waals surface area contributed by atoms with Crippen LogP contribution in [-0.2, 0) is 19.6 Å². The molecule has 9 heteroatoms. The SMILES string of the molecule is COC1(CNS(=O)(=O)c2cccc(C(F)F)c2)CC(C(=O)O)C1. The molecule has 1 saturated carbocycles. The third-order valence-electron chi connectivity index (χ3n) is 4.02. The first-order chi connectivity index (χ1) is 10.7. The van der Waals surface area contributed by atoms with Gasteiger partial charge in [0.2, 0.25) is 10.0 Å². The lowest BCUT2D eigenvalue weighted by Crippen LogP contribution is -2.55. The smallest absolute Gasteiger partial charge is 0.306 e. The quantitative estimate of drug-likeness (QED) is 0.783. The van der Waals surface area contributed by atoms with Gasteiger partial charge >= 0.3 is 5.97 Å². The van der Waals surface area contributed by atoms with E-state index < -0.39 is 33.9 Å². The van der Waals surface area contributed by atoms with Crippen molar-refractivity contribution in [1.82, 2.24) is 4.72 Å². The molecule has 2 N–H and O–H groups in total. The van der Waals surface area contributed by atoms with E-state index in [2.05, 4.69) is 4.72 Å². The molecule has 0 spiro atoms. The molecule has 1 aromatic rings. The number of aliphatic carboxylic acids is 1. The van der Waals surface area contributed by atoms with Crippen molar-refractivity contribution in [2.45, 2.75) is 29.8 Å². The molecule has 0 aromatic heterocycles. The van der Waals surface area contributed by atoms with Gasteiger partial charge in [-0.2, -0.15) is 0 Å². The maximum absolute atomic E-state index is 12.7. The third kappa shape index (κ3) is 3.85. The van der Waals surface area contributed by atoms with Gasteiger partial charge in [0, 0.05) is 19.2 Å². The number of alkyl halides is 2. The second-order valence-electron chi connectivity index (χ2n) is 5.53. The van der Waals surface area contributed by atoms with Crippen LogP contribution in [0.4, 0.5) is 8.78 Å². The van der Waals surface area contributed by atoms with E-state index in [1.165, 1.54) is 19.2 Å². The maximum Gasteiger partial charge on any atom is 0.306 e. The van der Waals surface area contributed by atoms with Crippen LogP contribution < -0.4 is 4.72 Å². The molecule has 1 aromatic carbocycles. The van der Waals surface area contributed by atoms with E-state index in [0.717, 1.165) is 12.1 Å². The van der Waals surface area contributed by atoms with Crippen LogP contribution in [0.2, 0.25) is 0 Å². The van der Waals surface area contributed by atoms with Gasteiger partial charge in [0.15, 0.2) is 0 Å². The normalized spacial score (nSPS) is 24.4. The highest BCUT2D eigenvalue weighted by atomic mass is 32.2. The first-order valence-corrected chi connectivity index (χ1v) is 8.33. The molecule has 1 aliphatic rings. The number of carbonyl (C=O) groups is 1. The fraction of sp³-hybridized carbons (Fsp3) is 0.500. The number of hydrogen-bond acceptors (Lipinski definition) is 4. The second-order valence-corrected chi connectivity index (χ2v) is 7.30. The van der Waals surface area contributed by atoms with Crippen molar-refractivity contribution in [2.24, 2.45) is 5.92 Å². The van der Waals surface area contributed by atoms with Crippen molar-refractivity contribution in [2.75, 3.05) is 13.7 Å². The minimum atomic E-state index is -3.98. The van der Waals surface area contributed by atoms with Crippen molar-refractivity contribution in [1.29, 1.82) is 0 Å². The number of methoxy groups -OCH3 is 1. The zero-order chi connectivity index (χ0) is 17.3. The van der Waals surface area contributed by atoms with Crippen LogP contribution in [0, 0.1) is 5.92 Å². The van der Waals surface area contributed by atoms with E-state index in [9.17, 15) is 22.0 Å². The second kappa shape index (κ2) is 6.50. The Morgan fingerprint density at radius 3 is 2.65 bits per heavy atom. The zero-order valence-electron chi connectivity index (χ0n) is 12.3. The molecule has 6 nitrogen and oxygen atoms in total. The first-order valence-electron chi connectivity index (χ1n) is 6.85. The molecule has 0 unspecified atom stereocenters. The number of sulfonamides is 1. The lowest BCUT2D eigenvalue weighted by molar-refractivity contribution is -0.161. The molecule has 0 aliphatic heterocycles.